The highest BCUT2D eigenvalue weighted by Gasteiger charge is 2.64. The van der Waals surface area contributed by atoms with Crippen LogP contribution in [0.1, 0.15) is 41.0 Å². The summed E-state index contributed by atoms with van der Waals surface area (Å²) in [5, 5.41) is 2.82. The second kappa shape index (κ2) is 6.86. The van der Waals surface area contributed by atoms with E-state index in [0.29, 0.717) is 6.42 Å². The van der Waals surface area contributed by atoms with Crippen molar-refractivity contribution in [3.63, 3.8) is 0 Å². The fraction of sp³-hybridized carbons (Fsp3) is 0.417. The third-order valence-electron chi connectivity index (χ3n) is 6.73. The number of hydrogen-bond donors (Lipinski definition) is 0. The standard InChI is InChI=1S/C24H30O2Si/c1-18(25)24(19(2)26)16-20(24)17-27(23(3,4)5,21-12-8-6-9-13-21)22-14-10-7-11-15-22/h6-15,20H,16-17H2,1-5H3. The smallest absolute Gasteiger partial charge is 0.143 e. The van der Waals surface area contributed by atoms with Crippen molar-refractivity contribution in [1.82, 2.24) is 0 Å². The maximum absolute atomic E-state index is 12.4. The molecular weight excluding hydrogens is 348 g/mol. The molecule has 0 saturated heterocycles. The summed E-state index contributed by atoms with van der Waals surface area (Å²) in [6.07, 6.45) is 0.710. The van der Waals surface area contributed by atoms with Crippen molar-refractivity contribution in [1.29, 1.82) is 0 Å². The second-order valence-corrected chi connectivity index (χ2v) is 13.9. The van der Waals surface area contributed by atoms with Gasteiger partial charge in [0.15, 0.2) is 0 Å². The summed E-state index contributed by atoms with van der Waals surface area (Å²) in [5.41, 5.74) is -0.743. The van der Waals surface area contributed by atoms with Crippen LogP contribution in [0, 0.1) is 11.3 Å². The number of rotatable bonds is 6. The molecule has 0 bridgehead atoms. The maximum Gasteiger partial charge on any atom is 0.143 e. The third kappa shape index (κ3) is 3.12. The summed E-state index contributed by atoms with van der Waals surface area (Å²) >= 11 is 0. The summed E-state index contributed by atoms with van der Waals surface area (Å²) in [5.74, 6) is 0.231. The first kappa shape index (κ1) is 19.8. The lowest BCUT2D eigenvalue weighted by molar-refractivity contribution is -0.132. The molecule has 1 unspecified atom stereocenters. The molecular formula is C24H30O2Si. The lowest BCUT2D eigenvalue weighted by Crippen LogP contribution is -2.64. The fourth-order valence-corrected chi connectivity index (χ4v) is 11.0. The van der Waals surface area contributed by atoms with Crippen LogP contribution in [-0.2, 0) is 9.59 Å². The maximum atomic E-state index is 12.4. The minimum absolute atomic E-state index is 0.0398. The fourth-order valence-electron chi connectivity index (χ4n) is 5.08. The molecule has 0 heterocycles. The quantitative estimate of drug-likeness (QED) is 0.557. The van der Waals surface area contributed by atoms with E-state index in [2.05, 4.69) is 81.4 Å². The highest BCUT2D eigenvalue weighted by atomic mass is 28.3. The van der Waals surface area contributed by atoms with Crippen LogP contribution in [0.4, 0.5) is 0 Å². The Morgan fingerprint density at radius 3 is 1.59 bits per heavy atom. The number of ketones is 2. The summed E-state index contributed by atoms with van der Waals surface area (Å²) in [6.45, 7) is 10.2. The van der Waals surface area contributed by atoms with E-state index in [-0.39, 0.29) is 22.5 Å². The van der Waals surface area contributed by atoms with Gasteiger partial charge in [-0.15, -0.1) is 0 Å². The number of carbonyl (C=O) groups excluding carboxylic acids is 2. The number of hydrogen-bond acceptors (Lipinski definition) is 2. The molecule has 2 aromatic rings. The normalized spacial score (nSPS) is 18.8. The second-order valence-electron chi connectivity index (χ2n) is 9.08. The molecule has 1 fully saturated rings. The van der Waals surface area contributed by atoms with Crippen molar-refractivity contribution in [3.8, 4) is 0 Å². The first-order valence-electron chi connectivity index (χ1n) is 9.79. The Hall–Kier alpha value is -2.00. The first-order valence-corrected chi connectivity index (χ1v) is 12.0. The van der Waals surface area contributed by atoms with Crippen LogP contribution in [0.15, 0.2) is 60.7 Å². The van der Waals surface area contributed by atoms with Crippen molar-refractivity contribution < 1.29 is 9.59 Å². The van der Waals surface area contributed by atoms with E-state index in [0.717, 1.165) is 6.04 Å². The number of Topliss-reactive ketones (excluding diaryl/α,β-unsaturated/α-hetero) is 2. The van der Waals surface area contributed by atoms with Gasteiger partial charge in [0.25, 0.3) is 0 Å². The predicted molar refractivity (Wildman–Crippen MR) is 114 cm³/mol. The van der Waals surface area contributed by atoms with Crippen molar-refractivity contribution in [2.45, 2.75) is 52.1 Å². The van der Waals surface area contributed by atoms with Gasteiger partial charge in [-0.05, 0) is 37.3 Å². The molecule has 1 aliphatic carbocycles. The highest BCUT2D eigenvalue weighted by Crippen LogP contribution is 2.59. The van der Waals surface area contributed by atoms with E-state index < -0.39 is 13.5 Å². The topological polar surface area (TPSA) is 34.1 Å². The molecule has 0 amide bonds. The van der Waals surface area contributed by atoms with Gasteiger partial charge in [0.05, 0.1) is 5.41 Å². The highest BCUT2D eigenvalue weighted by molar-refractivity contribution is 7.04. The Kier molecular flexibility index (Phi) is 5.02. The summed E-state index contributed by atoms with van der Waals surface area (Å²) in [6, 6.07) is 22.5. The van der Waals surface area contributed by atoms with E-state index in [1.165, 1.54) is 10.4 Å². The van der Waals surface area contributed by atoms with E-state index in [9.17, 15) is 9.59 Å². The average molecular weight is 379 g/mol. The Bertz CT molecular complexity index is 780. The first-order chi connectivity index (χ1) is 12.7. The molecule has 142 valence electrons. The van der Waals surface area contributed by atoms with Gasteiger partial charge in [0, 0.05) is 0 Å². The molecule has 2 nitrogen and oxygen atoms in total. The Morgan fingerprint density at radius 2 is 1.30 bits per heavy atom. The SMILES string of the molecule is CC(=O)C1(C(C)=O)CC1C[Si](c1ccccc1)(c1ccccc1)C(C)(C)C. The number of benzene rings is 2. The van der Waals surface area contributed by atoms with Crippen molar-refractivity contribution >= 4 is 30.0 Å². The monoisotopic (exact) mass is 378 g/mol. The van der Waals surface area contributed by atoms with Crippen LogP contribution in [0.3, 0.4) is 0 Å². The lowest BCUT2D eigenvalue weighted by Gasteiger charge is -2.45. The van der Waals surface area contributed by atoms with E-state index in [1.54, 1.807) is 13.8 Å². The largest absolute Gasteiger partial charge is 0.299 e. The van der Waals surface area contributed by atoms with E-state index in [1.807, 2.05) is 0 Å². The van der Waals surface area contributed by atoms with Crippen molar-refractivity contribution in [3.05, 3.63) is 60.7 Å². The van der Waals surface area contributed by atoms with Gasteiger partial charge in [0.2, 0.25) is 0 Å². The molecule has 3 heteroatoms. The van der Waals surface area contributed by atoms with Gasteiger partial charge in [-0.1, -0.05) is 91.8 Å². The van der Waals surface area contributed by atoms with Crippen LogP contribution < -0.4 is 10.4 Å². The molecule has 1 atom stereocenters. The minimum Gasteiger partial charge on any atom is -0.299 e. The number of carbonyl (C=O) groups is 2. The molecule has 1 saturated carbocycles. The Balaban J connectivity index is 2.17. The summed E-state index contributed by atoms with van der Waals surface area (Å²) in [4.78, 5) is 24.8. The van der Waals surface area contributed by atoms with Crippen LogP contribution >= 0.6 is 0 Å². The summed E-state index contributed by atoms with van der Waals surface area (Å²) in [7, 11) is -2.23. The summed E-state index contributed by atoms with van der Waals surface area (Å²) < 4.78 is 0. The van der Waals surface area contributed by atoms with Crippen LogP contribution in [-0.4, -0.2) is 19.6 Å². The third-order valence-corrected chi connectivity index (χ3v) is 13.0. The predicted octanol–water partition coefficient (Wildman–Crippen LogP) is 4.23. The average Bonchev–Trinajstić information content (AvgIpc) is 3.36. The van der Waals surface area contributed by atoms with Crippen LogP contribution in [0.2, 0.25) is 11.1 Å². The molecule has 2 aromatic carbocycles. The van der Waals surface area contributed by atoms with Gasteiger partial charge < -0.3 is 0 Å². The molecule has 3 rings (SSSR count). The van der Waals surface area contributed by atoms with Gasteiger partial charge in [-0.3, -0.25) is 9.59 Å². The molecule has 0 radical (unpaired) electrons. The molecule has 1 aliphatic rings. The minimum atomic E-state index is -2.23. The Morgan fingerprint density at radius 1 is 0.889 bits per heavy atom. The zero-order valence-electron chi connectivity index (χ0n) is 17.1. The molecule has 0 aromatic heterocycles. The van der Waals surface area contributed by atoms with Gasteiger partial charge in [0.1, 0.15) is 19.6 Å². The Labute approximate surface area is 164 Å². The van der Waals surface area contributed by atoms with Gasteiger partial charge in [-0.25, -0.2) is 0 Å². The molecule has 0 aliphatic heterocycles. The zero-order valence-corrected chi connectivity index (χ0v) is 18.1. The van der Waals surface area contributed by atoms with Crippen LogP contribution in [0.25, 0.3) is 0 Å². The van der Waals surface area contributed by atoms with Gasteiger partial charge >= 0.3 is 0 Å². The zero-order chi connectivity index (χ0) is 19.9. The van der Waals surface area contributed by atoms with Crippen LogP contribution in [0.5, 0.6) is 0 Å². The lowest BCUT2D eigenvalue weighted by atomic mass is 9.95. The van der Waals surface area contributed by atoms with Gasteiger partial charge in [-0.2, -0.15) is 0 Å². The molecule has 0 spiro atoms. The van der Waals surface area contributed by atoms with Crippen molar-refractivity contribution in [2.24, 2.45) is 11.3 Å². The molecule has 0 N–H and O–H groups in total. The van der Waals surface area contributed by atoms with E-state index >= 15 is 0 Å². The van der Waals surface area contributed by atoms with E-state index in [4.69, 9.17) is 0 Å². The molecule has 27 heavy (non-hydrogen) atoms. The van der Waals surface area contributed by atoms with Crippen molar-refractivity contribution in [2.75, 3.05) is 0 Å².